The number of aliphatic hydroxyl groups excluding tert-OH is 1. The van der Waals surface area contributed by atoms with E-state index in [1.807, 2.05) is 33.8 Å². The molecule has 1 saturated heterocycles. The first kappa shape index (κ1) is 25.6. The highest BCUT2D eigenvalue weighted by molar-refractivity contribution is 6.46. The van der Waals surface area contributed by atoms with Gasteiger partial charge in [-0.2, -0.15) is 0 Å². The summed E-state index contributed by atoms with van der Waals surface area (Å²) in [6.07, 6.45) is 0.686. The predicted molar refractivity (Wildman–Crippen MR) is 134 cm³/mol. The molecule has 2 aliphatic heterocycles. The van der Waals surface area contributed by atoms with Gasteiger partial charge in [0.2, 0.25) is 0 Å². The van der Waals surface area contributed by atoms with Crippen LogP contribution in [0.25, 0.3) is 5.76 Å². The third kappa shape index (κ3) is 4.91. The average Bonchev–Trinajstić information content (AvgIpc) is 3.33. The lowest BCUT2D eigenvalue weighted by Gasteiger charge is -2.26. The number of hydrogen-bond acceptors (Lipinski definition) is 7. The molecule has 2 aromatic rings. The molecule has 2 aliphatic rings. The molecule has 192 valence electrons. The molecule has 8 nitrogen and oxygen atoms in total. The molecule has 4 rings (SSSR count). The van der Waals surface area contributed by atoms with Gasteiger partial charge in [-0.15, -0.1) is 0 Å². The van der Waals surface area contributed by atoms with Crippen LogP contribution in [0.4, 0.5) is 0 Å². The van der Waals surface area contributed by atoms with E-state index in [1.54, 1.807) is 30.3 Å². The summed E-state index contributed by atoms with van der Waals surface area (Å²) in [6, 6.07) is 9.83. The second kappa shape index (κ2) is 10.6. The first-order chi connectivity index (χ1) is 17.2. The van der Waals surface area contributed by atoms with Crippen molar-refractivity contribution in [1.29, 1.82) is 0 Å². The minimum absolute atomic E-state index is 0.0305. The van der Waals surface area contributed by atoms with Gasteiger partial charge in [-0.05, 0) is 69.2 Å². The largest absolute Gasteiger partial charge is 0.507 e. The minimum atomic E-state index is -0.809. The van der Waals surface area contributed by atoms with Gasteiger partial charge < -0.3 is 29.0 Å². The standard InChI is InChI=1S/C28H33NO7/c1-6-34-23-15-18(7-10-22(23)35-16(2)3)25-24(27(31)28(32)29(25)11-12-33-5)26(30)19-8-9-21-20(14-19)13-17(4)36-21/h7-10,14-17,25,30H,6,11-13H2,1-5H3/b26-24+. The Balaban J connectivity index is 1.83. The number of benzene rings is 2. The smallest absolute Gasteiger partial charge is 0.295 e. The van der Waals surface area contributed by atoms with Crippen LogP contribution in [0.5, 0.6) is 17.2 Å². The molecule has 36 heavy (non-hydrogen) atoms. The van der Waals surface area contributed by atoms with Crippen LogP contribution in [0.2, 0.25) is 0 Å². The van der Waals surface area contributed by atoms with Crippen LogP contribution < -0.4 is 14.2 Å². The number of nitrogens with zero attached hydrogens (tertiary/aromatic N) is 1. The lowest BCUT2D eigenvalue weighted by molar-refractivity contribution is -0.140. The molecule has 0 bridgehead atoms. The molecule has 0 aromatic heterocycles. The van der Waals surface area contributed by atoms with Gasteiger partial charge in [0, 0.05) is 25.6 Å². The highest BCUT2D eigenvalue weighted by Gasteiger charge is 2.46. The summed E-state index contributed by atoms with van der Waals surface area (Å²) in [6.45, 7) is 8.53. The minimum Gasteiger partial charge on any atom is -0.507 e. The normalized spacial score (nSPS) is 20.6. The number of carbonyl (C=O) groups is 2. The number of likely N-dealkylation sites (tertiary alicyclic amines) is 1. The fourth-order valence-electron chi connectivity index (χ4n) is 4.69. The van der Waals surface area contributed by atoms with Crippen molar-refractivity contribution in [2.24, 2.45) is 0 Å². The molecule has 2 aromatic carbocycles. The zero-order valence-corrected chi connectivity index (χ0v) is 21.4. The Labute approximate surface area is 211 Å². The number of fused-ring (bicyclic) bond motifs is 1. The second-order valence-corrected chi connectivity index (χ2v) is 9.25. The molecule has 2 atom stereocenters. The Hall–Kier alpha value is -3.52. The number of ether oxygens (including phenoxy) is 4. The maximum atomic E-state index is 13.3. The van der Waals surface area contributed by atoms with Crippen LogP contribution in [-0.2, 0) is 20.7 Å². The Kier molecular flexibility index (Phi) is 7.54. The summed E-state index contributed by atoms with van der Waals surface area (Å²) in [5, 5.41) is 11.4. The molecule has 0 radical (unpaired) electrons. The fraction of sp³-hybridized carbons (Fsp3) is 0.429. The first-order valence-corrected chi connectivity index (χ1v) is 12.3. The molecule has 2 unspecified atom stereocenters. The number of amides is 1. The van der Waals surface area contributed by atoms with E-state index in [1.165, 1.54) is 12.0 Å². The third-order valence-corrected chi connectivity index (χ3v) is 6.19. The summed E-state index contributed by atoms with van der Waals surface area (Å²) in [5.74, 6) is 0.192. The molecule has 8 heteroatoms. The van der Waals surface area contributed by atoms with Crippen LogP contribution in [-0.4, -0.2) is 60.8 Å². The lowest BCUT2D eigenvalue weighted by atomic mass is 9.94. The number of rotatable bonds is 9. The van der Waals surface area contributed by atoms with Gasteiger partial charge in [0.25, 0.3) is 11.7 Å². The number of Topliss-reactive ketones (excluding diaryl/α,β-unsaturated/α-hetero) is 1. The molecular formula is C28H33NO7. The van der Waals surface area contributed by atoms with Gasteiger partial charge in [0.1, 0.15) is 17.6 Å². The number of ketones is 1. The van der Waals surface area contributed by atoms with Crippen molar-refractivity contribution in [3.05, 3.63) is 58.7 Å². The van der Waals surface area contributed by atoms with Crippen molar-refractivity contribution < 1.29 is 33.6 Å². The van der Waals surface area contributed by atoms with Crippen molar-refractivity contribution in [1.82, 2.24) is 4.90 Å². The van der Waals surface area contributed by atoms with E-state index in [-0.39, 0.29) is 36.7 Å². The van der Waals surface area contributed by atoms with Crippen LogP contribution in [0.3, 0.4) is 0 Å². The summed E-state index contributed by atoms with van der Waals surface area (Å²) < 4.78 is 22.7. The Morgan fingerprint density at radius 2 is 1.94 bits per heavy atom. The Bertz CT molecular complexity index is 1190. The van der Waals surface area contributed by atoms with E-state index in [2.05, 4.69) is 0 Å². The molecular weight excluding hydrogens is 462 g/mol. The van der Waals surface area contributed by atoms with Crippen LogP contribution in [0.1, 0.15) is 50.4 Å². The molecule has 2 heterocycles. The molecule has 1 amide bonds. The number of hydrogen-bond donors (Lipinski definition) is 1. The fourth-order valence-corrected chi connectivity index (χ4v) is 4.69. The average molecular weight is 496 g/mol. The number of carbonyl (C=O) groups excluding carboxylic acids is 2. The molecule has 0 saturated carbocycles. The molecule has 0 spiro atoms. The monoisotopic (exact) mass is 495 g/mol. The van der Waals surface area contributed by atoms with Crippen LogP contribution in [0.15, 0.2) is 42.0 Å². The van der Waals surface area contributed by atoms with Crippen LogP contribution in [0, 0.1) is 0 Å². The van der Waals surface area contributed by atoms with E-state index in [9.17, 15) is 14.7 Å². The number of aliphatic hydroxyl groups is 1. The van der Waals surface area contributed by atoms with Gasteiger partial charge >= 0.3 is 0 Å². The van der Waals surface area contributed by atoms with Gasteiger partial charge in [-0.1, -0.05) is 6.07 Å². The van der Waals surface area contributed by atoms with E-state index in [0.29, 0.717) is 35.7 Å². The van der Waals surface area contributed by atoms with Gasteiger partial charge in [-0.25, -0.2) is 0 Å². The Morgan fingerprint density at radius 1 is 1.17 bits per heavy atom. The van der Waals surface area contributed by atoms with Crippen molar-refractivity contribution in [3.8, 4) is 17.2 Å². The van der Waals surface area contributed by atoms with E-state index in [4.69, 9.17) is 18.9 Å². The predicted octanol–water partition coefficient (Wildman–Crippen LogP) is 4.26. The lowest BCUT2D eigenvalue weighted by Crippen LogP contribution is -2.32. The summed E-state index contributed by atoms with van der Waals surface area (Å²) in [4.78, 5) is 27.8. The molecule has 1 N–H and O–H groups in total. The SMILES string of the molecule is CCOc1cc(C2/C(=C(\O)c3ccc4c(c3)CC(C)O4)C(=O)C(=O)N2CCOC)ccc1OC(C)C. The van der Waals surface area contributed by atoms with Gasteiger partial charge in [0.15, 0.2) is 11.5 Å². The zero-order chi connectivity index (χ0) is 26.0. The second-order valence-electron chi connectivity index (χ2n) is 9.25. The third-order valence-electron chi connectivity index (χ3n) is 6.19. The highest BCUT2D eigenvalue weighted by Crippen LogP contribution is 2.42. The summed E-state index contributed by atoms with van der Waals surface area (Å²) in [7, 11) is 1.53. The summed E-state index contributed by atoms with van der Waals surface area (Å²) >= 11 is 0. The quantitative estimate of drug-likeness (QED) is 0.315. The molecule has 0 aliphatic carbocycles. The van der Waals surface area contributed by atoms with E-state index >= 15 is 0 Å². The van der Waals surface area contributed by atoms with Gasteiger partial charge in [0.05, 0.1) is 30.9 Å². The maximum absolute atomic E-state index is 13.3. The van der Waals surface area contributed by atoms with Crippen LogP contribution >= 0.6 is 0 Å². The first-order valence-electron chi connectivity index (χ1n) is 12.3. The van der Waals surface area contributed by atoms with Crippen molar-refractivity contribution in [2.45, 2.75) is 52.4 Å². The highest BCUT2D eigenvalue weighted by atomic mass is 16.5. The van der Waals surface area contributed by atoms with E-state index in [0.717, 1.165) is 11.3 Å². The van der Waals surface area contributed by atoms with Crippen molar-refractivity contribution in [2.75, 3.05) is 26.9 Å². The van der Waals surface area contributed by atoms with Crippen molar-refractivity contribution >= 4 is 17.4 Å². The van der Waals surface area contributed by atoms with Gasteiger partial charge in [-0.3, -0.25) is 9.59 Å². The maximum Gasteiger partial charge on any atom is 0.295 e. The topological polar surface area (TPSA) is 94.5 Å². The zero-order valence-electron chi connectivity index (χ0n) is 21.4. The van der Waals surface area contributed by atoms with Crippen molar-refractivity contribution in [3.63, 3.8) is 0 Å². The summed E-state index contributed by atoms with van der Waals surface area (Å²) in [5.41, 5.74) is 2.07. The number of methoxy groups -OCH3 is 1. The Morgan fingerprint density at radius 3 is 2.64 bits per heavy atom. The van der Waals surface area contributed by atoms with E-state index < -0.39 is 17.7 Å². The molecule has 1 fully saturated rings.